The van der Waals surface area contributed by atoms with Crippen molar-refractivity contribution in [3.05, 3.63) is 64.1 Å². The smallest absolute Gasteiger partial charge is 0.216 e. The summed E-state index contributed by atoms with van der Waals surface area (Å²) in [7, 11) is 0. The van der Waals surface area contributed by atoms with Crippen molar-refractivity contribution in [2.24, 2.45) is 5.10 Å². The van der Waals surface area contributed by atoms with Gasteiger partial charge in [-0.05, 0) is 36.5 Å². The van der Waals surface area contributed by atoms with Gasteiger partial charge in [-0.3, -0.25) is 4.98 Å². The predicted octanol–water partition coefficient (Wildman–Crippen LogP) is 3.54. The molecule has 0 fully saturated rings. The van der Waals surface area contributed by atoms with Crippen LogP contribution >= 0.6 is 23.8 Å². The molecule has 0 atom stereocenters. The molecule has 3 rings (SSSR count). The minimum absolute atomic E-state index is 0.386. The molecule has 0 radical (unpaired) electrons. The predicted molar refractivity (Wildman–Crippen MR) is 85.1 cm³/mol. The van der Waals surface area contributed by atoms with Crippen LogP contribution in [0.5, 0.6) is 0 Å². The van der Waals surface area contributed by atoms with Crippen LogP contribution in [0.25, 0.3) is 11.4 Å². The molecule has 0 spiro atoms. The number of halogens is 1. The first kappa shape index (κ1) is 13.7. The summed E-state index contributed by atoms with van der Waals surface area (Å²) < 4.78 is 1.91. The molecule has 3 aromatic rings. The van der Waals surface area contributed by atoms with Gasteiger partial charge in [0.15, 0.2) is 5.82 Å². The third-order valence-corrected chi connectivity index (χ3v) is 3.35. The molecule has 5 nitrogen and oxygen atoms in total. The lowest BCUT2D eigenvalue weighted by Gasteiger charge is -2.02. The molecule has 1 N–H and O–H groups in total. The molecule has 0 amide bonds. The van der Waals surface area contributed by atoms with Crippen LogP contribution < -0.4 is 0 Å². The first-order valence-corrected chi connectivity index (χ1v) is 6.92. The average molecular weight is 316 g/mol. The quantitative estimate of drug-likeness (QED) is 0.594. The highest BCUT2D eigenvalue weighted by Gasteiger charge is 2.11. The molecule has 0 unspecified atom stereocenters. The lowest BCUT2D eigenvalue weighted by Crippen LogP contribution is -1.96. The van der Waals surface area contributed by atoms with Gasteiger partial charge in [-0.2, -0.15) is 14.9 Å². The van der Waals surface area contributed by atoms with Crippen LogP contribution in [-0.4, -0.2) is 26.1 Å². The van der Waals surface area contributed by atoms with Gasteiger partial charge in [-0.1, -0.05) is 29.8 Å². The van der Waals surface area contributed by atoms with E-state index in [1.807, 2.05) is 36.4 Å². The molecule has 0 saturated heterocycles. The Labute approximate surface area is 130 Å². The number of rotatable bonds is 3. The molecule has 2 aromatic heterocycles. The molecule has 0 bridgehead atoms. The van der Waals surface area contributed by atoms with E-state index in [1.54, 1.807) is 18.5 Å². The highest BCUT2D eigenvalue weighted by atomic mass is 35.5. The molecular formula is C14H10ClN5S. The number of H-pyrrole nitrogens is 1. The largest absolute Gasteiger partial charge is 0.255 e. The topological polar surface area (TPSA) is 58.9 Å². The van der Waals surface area contributed by atoms with Crippen molar-refractivity contribution in [1.82, 2.24) is 19.9 Å². The Hall–Kier alpha value is -2.31. The minimum atomic E-state index is 0.386. The standard InChI is InChI=1S/C14H10ClN5S/c15-12-7-2-1-6-11(12)13-18-19-14(21)20(13)17-9-10-5-3-4-8-16-10/h1-9H,(H,19,21). The van der Waals surface area contributed by atoms with E-state index in [-0.39, 0.29) is 0 Å². The summed E-state index contributed by atoms with van der Waals surface area (Å²) in [5, 5.41) is 11.8. The number of benzene rings is 1. The normalized spacial score (nSPS) is 11.1. The Morgan fingerprint density at radius 1 is 1.19 bits per heavy atom. The number of pyridine rings is 1. The van der Waals surface area contributed by atoms with E-state index >= 15 is 0 Å². The van der Waals surface area contributed by atoms with Crippen molar-refractivity contribution >= 4 is 30.0 Å². The van der Waals surface area contributed by atoms with Crippen LogP contribution in [0.15, 0.2) is 53.8 Å². The van der Waals surface area contributed by atoms with E-state index in [9.17, 15) is 0 Å². The zero-order chi connectivity index (χ0) is 14.7. The summed E-state index contributed by atoms with van der Waals surface area (Å²) in [4.78, 5) is 4.17. The first-order valence-electron chi connectivity index (χ1n) is 6.13. The highest BCUT2D eigenvalue weighted by molar-refractivity contribution is 7.71. The van der Waals surface area contributed by atoms with Crippen molar-refractivity contribution in [3.63, 3.8) is 0 Å². The fourth-order valence-electron chi connectivity index (χ4n) is 1.78. The van der Waals surface area contributed by atoms with Crippen LogP contribution in [0.4, 0.5) is 0 Å². The summed E-state index contributed by atoms with van der Waals surface area (Å²) in [6.07, 6.45) is 3.32. The van der Waals surface area contributed by atoms with Crippen molar-refractivity contribution in [2.75, 3.05) is 0 Å². The van der Waals surface area contributed by atoms with Crippen LogP contribution in [0.2, 0.25) is 5.02 Å². The van der Waals surface area contributed by atoms with Gasteiger partial charge in [0, 0.05) is 11.8 Å². The van der Waals surface area contributed by atoms with Crippen molar-refractivity contribution < 1.29 is 0 Å². The summed E-state index contributed by atoms with van der Waals surface area (Å²) in [6.45, 7) is 0. The van der Waals surface area contributed by atoms with Gasteiger partial charge in [0.1, 0.15) is 0 Å². The van der Waals surface area contributed by atoms with E-state index in [2.05, 4.69) is 20.3 Å². The van der Waals surface area contributed by atoms with Crippen LogP contribution in [0, 0.1) is 4.77 Å². The molecule has 7 heteroatoms. The second-order valence-electron chi connectivity index (χ2n) is 4.14. The van der Waals surface area contributed by atoms with Crippen LogP contribution in [-0.2, 0) is 0 Å². The van der Waals surface area contributed by atoms with E-state index in [0.717, 1.165) is 11.3 Å². The Balaban J connectivity index is 2.05. The Morgan fingerprint density at radius 2 is 2.00 bits per heavy atom. The lowest BCUT2D eigenvalue weighted by atomic mass is 10.2. The van der Waals surface area contributed by atoms with Crippen molar-refractivity contribution in [2.45, 2.75) is 0 Å². The molecule has 0 aliphatic carbocycles. The van der Waals surface area contributed by atoms with Crippen LogP contribution in [0.1, 0.15) is 5.69 Å². The minimum Gasteiger partial charge on any atom is -0.255 e. The Bertz CT molecular complexity index is 838. The zero-order valence-corrected chi connectivity index (χ0v) is 12.3. The van der Waals surface area contributed by atoms with E-state index in [0.29, 0.717) is 15.6 Å². The molecule has 21 heavy (non-hydrogen) atoms. The number of nitrogens with zero attached hydrogens (tertiary/aromatic N) is 4. The second-order valence-corrected chi connectivity index (χ2v) is 4.94. The van der Waals surface area contributed by atoms with Gasteiger partial charge in [0.2, 0.25) is 4.77 Å². The second kappa shape index (κ2) is 5.99. The zero-order valence-electron chi connectivity index (χ0n) is 10.8. The number of hydrogen-bond acceptors (Lipinski definition) is 4. The highest BCUT2D eigenvalue weighted by Crippen LogP contribution is 2.25. The SMILES string of the molecule is S=c1[nH]nc(-c2ccccc2Cl)n1N=Cc1ccccn1. The Morgan fingerprint density at radius 3 is 2.76 bits per heavy atom. The fraction of sp³-hybridized carbons (Fsp3) is 0. The molecular weight excluding hydrogens is 306 g/mol. The number of aromatic nitrogens is 4. The lowest BCUT2D eigenvalue weighted by molar-refractivity contribution is 0.870. The summed E-state index contributed by atoms with van der Waals surface area (Å²) in [6, 6.07) is 13.0. The van der Waals surface area contributed by atoms with Gasteiger partial charge >= 0.3 is 0 Å². The maximum absolute atomic E-state index is 6.19. The molecule has 0 aliphatic heterocycles. The van der Waals surface area contributed by atoms with Crippen molar-refractivity contribution in [3.8, 4) is 11.4 Å². The monoisotopic (exact) mass is 315 g/mol. The van der Waals surface area contributed by atoms with E-state index in [1.165, 1.54) is 4.68 Å². The summed E-state index contributed by atoms with van der Waals surface area (Å²) >= 11 is 11.4. The molecule has 0 aliphatic rings. The van der Waals surface area contributed by atoms with Gasteiger partial charge < -0.3 is 0 Å². The number of aromatic amines is 1. The molecule has 2 heterocycles. The fourth-order valence-corrected chi connectivity index (χ4v) is 2.18. The first-order chi connectivity index (χ1) is 10.3. The van der Waals surface area contributed by atoms with Gasteiger partial charge in [0.25, 0.3) is 0 Å². The Kier molecular flexibility index (Phi) is 3.89. The third-order valence-electron chi connectivity index (χ3n) is 2.76. The van der Waals surface area contributed by atoms with E-state index in [4.69, 9.17) is 23.8 Å². The van der Waals surface area contributed by atoms with Crippen molar-refractivity contribution in [1.29, 1.82) is 0 Å². The number of hydrogen-bond donors (Lipinski definition) is 1. The maximum Gasteiger partial charge on any atom is 0.216 e. The van der Waals surface area contributed by atoms with Gasteiger partial charge in [-0.15, -0.1) is 0 Å². The van der Waals surface area contributed by atoms with E-state index < -0.39 is 0 Å². The van der Waals surface area contributed by atoms with Gasteiger partial charge in [-0.25, -0.2) is 5.10 Å². The summed E-state index contributed by atoms with van der Waals surface area (Å²) in [5.41, 5.74) is 1.48. The molecule has 0 saturated carbocycles. The van der Waals surface area contributed by atoms with Gasteiger partial charge in [0.05, 0.1) is 16.9 Å². The van der Waals surface area contributed by atoms with Crippen LogP contribution in [0.3, 0.4) is 0 Å². The molecule has 1 aromatic carbocycles. The molecule has 104 valence electrons. The summed E-state index contributed by atoms with van der Waals surface area (Å²) in [5.74, 6) is 0.554. The number of nitrogens with one attached hydrogen (secondary N) is 1. The maximum atomic E-state index is 6.19. The third kappa shape index (κ3) is 2.91. The average Bonchev–Trinajstić information content (AvgIpc) is 2.88.